The Bertz CT molecular complexity index is 1300. The van der Waals surface area contributed by atoms with Crippen molar-refractivity contribution in [3.05, 3.63) is 65.2 Å². The zero-order chi connectivity index (χ0) is 24.3. The first-order valence-electron chi connectivity index (χ1n) is 12.5. The third-order valence-corrected chi connectivity index (χ3v) is 6.96. The van der Waals surface area contributed by atoms with Crippen molar-refractivity contribution in [1.82, 2.24) is 4.98 Å². The minimum absolute atomic E-state index is 0.0846. The summed E-state index contributed by atoms with van der Waals surface area (Å²) in [7, 11) is 0. The number of aliphatic imine (C=N–C) groups is 1. The van der Waals surface area contributed by atoms with E-state index in [1.807, 2.05) is 18.2 Å². The molecular weight excluding hydrogens is 454 g/mol. The maximum atomic E-state index is 9.81. The monoisotopic (exact) mass is 483 g/mol. The van der Waals surface area contributed by atoms with Crippen molar-refractivity contribution >= 4 is 17.2 Å². The van der Waals surface area contributed by atoms with E-state index in [4.69, 9.17) is 19.2 Å². The summed E-state index contributed by atoms with van der Waals surface area (Å²) in [5, 5.41) is 13.2. The fraction of sp³-hybridized carbons (Fsp3) is 0.357. The maximum Gasteiger partial charge on any atom is 0.137 e. The third-order valence-electron chi connectivity index (χ3n) is 6.96. The molecule has 3 aromatic rings. The lowest BCUT2D eigenvalue weighted by Crippen LogP contribution is -2.36. The minimum Gasteiger partial charge on any atom is -0.489 e. The fourth-order valence-electron chi connectivity index (χ4n) is 4.98. The van der Waals surface area contributed by atoms with Crippen LogP contribution in [0.4, 0.5) is 11.5 Å². The maximum absolute atomic E-state index is 9.81. The highest BCUT2D eigenvalue weighted by atomic mass is 16.5. The molecule has 1 aromatic heterocycles. The number of nitrogens with one attached hydrogen (secondary N) is 2. The van der Waals surface area contributed by atoms with Crippen LogP contribution < -0.4 is 15.0 Å². The van der Waals surface area contributed by atoms with Gasteiger partial charge in [0.1, 0.15) is 30.4 Å². The summed E-state index contributed by atoms with van der Waals surface area (Å²) >= 11 is 0. The van der Waals surface area contributed by atoms with E-state index in [0.29, 0.717) is 31.2 Å². The van der Waals surface area contributed by atoms with Crippen LogP contribution >= 0.6 is 0 Å². The number of ether oxygens (including phenoxy) is 3. The fourth-order valence-corrected chi connectivity index (χ4v) is 4.98. The molecule has 0 radical (unpaired) electrons. The first-order valence-corrected chi connectivity index (χ1v) is 12.5. The second kappa shape index (κ2) is 10.1. The van der Waals surface area contributed by atoms with Gasteiger partial charge in [-0.1, -0.05) is 12.1 Å². The molecule has 0 unspecified atom stereocenters. The van der Waals surface area contributed by atoms with Gasteiger partial charge in [0, 0.05) is 48.4 Å². The van der Waals surface area contributed by atoms with E-state index in [-0.39, 0.29) is 6.10 Å². The normalized spacial score (nSPS) is 18.1. The quantitative estimate of drug-likeness (QED) is 0.566. The van der Waals surface area contributed by atoms with Gasteiger partial charge in [-0.15, -0.1) is 0 Å². The molecule has 3 aliphatic heterocycles. The van der Waals surface area contributed by atoms with Crippen molar-refractivity contribution in [1.29, 1.82) is 5.26 Å². The number of nitriles is 1. The molecule has 4 heterocycles. The van der Waals surface area contributed by atoms with Crippen molar-refractivity contribution < 1.29 is 14.2 Å². The minimum atomic E-state index is 0.0846. The first kappa shape index (κ1) is 22.7. The summed E-state index contributed by atoms with van der Waals surface area (Å²) < 4.78 is 17.0. The molecule has 2 saturated heterocycles. The molecule has 184 valence electrons. The van der Waals surface area contributed by atoms with E-state index in [1.54, 1.807) is 0 Å². The SMILES string of the molecule is N#Cc1cc(C2=NCNc3[nH]c(-c4ccc(N5CCOCC5)cc4)cc32)ccc1OC1CCOCC1. The Morgan fingerprint density at radius 3 is 2.47 bits per heavy atom. The van der Waals surface area contributed by atoms with Crippen molar-refractivity contribution in [2.45, 2.75) is 18.9 Å². The zero-order valence-corrected chi connectivity index (χ0v) is 20.1. The standard InChI is InChI=1S/C28H29N5O3/c29-17-21-15-20(3-6-26(21)36-23-7-11-34-12-8-23)27-24-16-25(32-28(24)31-18-30-27)19-1-4-22(5-2-19)33-9-13-35-14-10-33/h1-6,15-16,23,31-32H,7-14,18H2. The van der Waals surface area contributed by atoms with Crippen LogP contribution in [0.25, 0.3) is 11.3 Å². The van der Waals surface area contributed by atoms with Crippen LogP contribution in [-0.2, 0) is 9.47 Å². The summed E-state index contributed by atoms with van der Waals surface area (Å²) in [6.07, 6.45) is 1.77. The smallest absolute Gasteiger partial charge is 0.137 e. The average Bonchev–Trinajstić information content (AvgIpc) is 3.39. The topological polar surface area (TPSA) is 94.9 Å². The average molecular weight is 484 g/mol. The van der Waals surface area contributed by atoms with Crippen LogP contribution in [0.2, 0.25) is 0 Å². The van der Waals surface area contributed by atoms with Gasteiger partial charge < -0.3 is 29.4 Å². The third kappa shape index (κ3) is 4.55. The molecule has 2 aromatic carbocycles. The van der Waals surface area contributed by atoms with E-state index in [2.05, 4.69) is 51.6 Å². The molecule has 0 aliphatic carbocycles. The highest BCUT2D eigenvalue weighted by Gasteiger charge is 2.22. The van der Waals surface area contributed by atoms with Gasteiger partial charge in [-0.2, -0.15) is 5.26 Å². The van der Waals surface area contributed by atoms with Gasteiger partial charge in [-0.25, -0.2) is 0 Å². The Balaban J connectivity index is 1.24. The van der Waals surface area contributed by atoms with Crippen LogP contribution in [0.5, 0.6) is 5.75 Å². The molecule has 36 heavy (non-hydrogen) atoms. The summed E-state index contributed by atoms with van der Waals surface area (Å²) in [5.74, 6) is 1.56. The second-order valence-corrected chi connectivity index (χ2v) is 9.21. The Labute approximate surface area is 210 Å². The predicted octanol–water partition coefficient (Wildman–Crippen LogP) is 4.17. The molecule has 0 bridgehead atoms. The molecule has 6 rings (SSSR count). The van der Waals surface area contributed by atoms with E-state index in [0.717, 1.165) is 73.1 Å². The van der Waals surface area contributed by atoms with Crippen LogP contribution in [0.1, 0.15) is 29.5 Å². The lowest BCUT2D eigenvalue weighted by Gasteiger charge is -2.28. The first-order chi connectivity index (χ1) is 17.8. The highest BCUT2D eigenvalue weighted by molar-refractivity contribution is 6.17. The number of rotatable bonds is 5. The van der Waals surface area contributed by atoms with Gasteiger partial charge in [0.15, 0.2) is 0 Å². The predicted molar refractivity (Wildman–Crippen MR) is 139 cm³/mol. The molecule has 2 fully saturated rings. The molecule has 8 nitrogen and oxygen atoms in total. The molecule has 0 amide bonds. The Morgan fingerprint density at radius 1 is 0.944 bits per heavy atom. The number of aromatic nitrogens is 1. The lowest BCUT2D eigenvalue weighted by atomic mass is 9.99. The van der Waals surface area contributed by atoms with E-state index in [1.165, 1.54) is 5.69 Å². The number of fused-ring (bicyclic) bond motifs is 1. The molecular formula is C28H29N5O3. The van der Waals surface area contributed by atoms with Gasteiger partial charge >= 0.3 is 0 Å². The Hall–Kier alpha value is -3.80. The molecule has 0 saturated carbocycles. The molecule has 2 N–H and O–H groups in total. The molecule has 0 spiro atoms. The van der Waals surface area contributed by atoms with Crippen LogP contribution in [-0.4, -0.2) is 63.0 Å². The summed E-state index contributed by atoms with van der Waals surface area (Å²) in [4.78, 5) is 10.6. The summed E-state index contributed by atoms with van der Waals surface area (Å²) in [6.45, 7) is 5.25. The van der Waals surface area contributed by atoms with Crippen molar-refractivity contribution in [3.8, 4) is 23.1 Å². The summed E-state index contributed by atoms with van der Waals surface area (Å²) in [5.41, 5.74) is 6.64. The van der Waals surface area contributed by atoms with E-state index < -0.39 is 0 Å². The Kier molecular flexibility index (Phi) is 6.33. The van der Waals surface area contributed by atoms with Gasteiger partial charge in [0.05, 0.1) is 37.7 Å². The number of anilines is 2. The number of hydrogen-bond acceptors (Lipinski definition) is 7. The number of morpholine rings is 1. The van der Waals surface area contributed by atoms with Crippen molar-refractivity contribution in [2.24, 2.45) is 4.99 Å². The van der Waals surface area contributed by atoms with Crippen LogP contribution in [0.15, 0.2) is 53.5 Å². The van der Waals surface area contributed by atoms with E-state index >= 15 is 0 Å². The van der Waals surface area contributed by atoms with Crippen LogP contribution in [0, 0.1) is 11.3 Å². The number of aromatic amines is 1. The van der Waals surface area contributed by atoms with Gasteiger partial charge in [0.2, 0.25) is 0 Å². The highest BCUT2D eigenvalue weighted by Crippen LogP contribution is 2.32. The largest absolute Gasteiger partial charge is 0.489 e. The van der Waals surface area contributed by atoms with Crippen LogP contribution in [0.3, 0.4) is 0 Å². The van der Waals surface area contributed by atoms with Gasteiger partial charge in [0.25, 0.3) is 0 Å². The molecule has 8 heteroatoms. The number of hydrogen-bond donors (Lipinski definition) is 2. The van der Waals surface area contributed by atoms with E-state index in [9.17, 15) is 5.26 Å². The summed E-state index contributed by atoms with van der Waals surface area (Å²) in [6, 6.07) is 18.8. The van der Waals surface area contributed by atoms with Crippen molar-refractivity contribution in [3.63, 3.8) is 0 Å². The van der Waals surface area contributed by atoms with Crippen molar-refractivity contribution in [2.75, 3.05) is 56.4 Å². The van der Waals surface area contributed by atoms with Gasteiger partial charge in [-0.3, -0.25) is 4.99 Å². The number of benzene rings is 2. The number of nitrogens with zero attached hydrogens (tertiary/aromatic N) is 3. The molecule has 3 aliphatic rings. The second-order valence-electron chi connectivity index (χ2n) is 9.21. The zero-order valence-electron chi connectivity index (χ0n) is 20.1. The van der Waals surface area contributed by atoms with Gasteiger partial charge in [-0.05, 0) is 42.0 Å². The number of H-pyrrole nitrogens is 1. The molecule has 0 atom stereocenters. The Morgan fingerprint density at radius 2 is 1.69 bits per heavy atom. The lowest BCUT2D eigenvalue weighted by molar-refractivity contribution is 0.0254.